The molecule has 5 aliphatic heterocycles. The summed E-state index contributed by atoms with van der Waals surface area (Å²) in [7, 11) is 0. The Labute approximate surface area is 350 Å². The van der Waals surface area contributed by atoms with Gasteiger partial charge in [0, 0.05) is 30.1 Å². The topological polar surface area (TPSA) is 179 Å². The molecule has 0 aromatic heterocycles. The van der Waals surface area contributed by atoms with Gasteiger partial charge in [0.15, 0.2) is 11.6 Å². The quantitative estimate of drug-likeness (QED) is 0.126. The van der Waals surface area contributed by atoms with E-state index in [4.69, 9.17) is 28.4 Å². The van der Waals surface area contributed by atoms with Gasteiger partial charge in [-0.05, 0) is 89.5 Å². The summed E-state index contributed by atoms with van der Waals surface area (Å²) < 4.78 is 52.1. The van der Waals surface area contributed by atoms with Gasteiger partial charge >= 0.3 is 12.1 Å². The third kappa shape index (κ3) is 9.59. The van der Waals surface area contributed by atoms with Crippen LogP contribution in [0.3, 0.4) is 0 Å². The van der Waals surface area contributed by atoms with Gasteiger partial charge in [0.2, 0.25) is 0 Å². The SMILES string of the molecule is CCC(C(=O)[C@@H](C)[C@@H](O)[C@H](C)[C@@H]1O[C@@H]([C@@H](CC)C(=O)O)CC[C@@H]1C)[C@H]1O[C@]2(C=CC(NC(=O)OCCF)[C@]3(CC[C@@](C)([C@H]4CC[C@](O)(CC)[C@H](C)O4)O3)O2)[C@H](C)C[C@@H]1C. The smallest absolute Gasteiger partial charge is 0.407 e. The standard InChI is InChI=1S/C45H74FNO12/c1-11-31(40(50)51)33-15-14-25(4)38(56-33)29(8)36(48)28(7)37(49)32(12-2)39-26(5)24-27(6)44(57-39)19-16-34(47-41(52)54-23-22-46)45(59-44)21-20-42(10,58-45)35-17-18-43(53,13-3)30(9)55-35/h16,19,25-36,38-39,48,53H,11-15,17-18,20-24H2,1-10H3,(H,47,52)(H,50,51)/t25-,26-,27+,28-,29-,30-,31+,32?,33+,34?,35+,36+,38+,39-,42-,43+,44-,45-/m0/s1. The van der Waals surface area contributed by atoms with Gasteiger partial charge < -0.3 is 49.1 Å². The van der Waals surface area contributed by atoms with Gasteiger partial charge in [0.1, 0.15) is 25.1 Å². The zero-order chi connectivity index (χ0) is 43.7. The highest BCUT2D eigenvalue weighted by Gasteiger charge is 2.63. The number of nitrogens with one attached hydrogen (secondary N) is 1. The van der Waals surface area contributed by atoms with E-state index < -0.39 is 108 Å². The molecule has 338 valence electrons. The number of aliphatic hydroxyl groups excluding tert-OH is 1. The molecule has 18 atom stereocenters. The average Bonchev–Trinajstić information content (AvgIpc) is 3.54. The lowest BCUT2D eigenvalue weighted by Gasteiger charge is -2.55. The maximum atomic E-state index is 14.6. The molecule has 5 rings (SSSR count). The maximum Gasteiger partial charge on any atom is 0.407 e. The minimum atomic E-state index is -1.45. The molecule has 1 amide bonds. The number of carbonyl (C=O) groups is 3. The first-order chi connectivity index (χ1) is 27.7. The van der Waals surface area contributed by atoms with Crippen LogP contribution in [0.1, 0.15) is 133 Å². The number of halogens is 1. The molecule has 4 saturated heterocycles. The third-order valence-corrected chi connectivity index (χ3v) is 15.1. The van der Waals surface area contributed by atoms with Crippen molar-refractivity contribution in [2.75, 3.05) is 13.3 Å². The monoisotopic (exact) mass is 840 g/mol. The molecule has 14 heteroatoms. The first kappa shape index (κ1) is 47.8. The molecule has 2 spiro atoms. The number of aliphatic hydroxyl groups is 2. The second-order valence-corrected chi connectivity index (χ2v) is 18.9. The summed E-state index contributed by atoms with van der Waals surface area (Å²) in [4.78, 5) is 39.5. The second kappa shape index (κ2) is 19.0. The van der Waals surface area contributed by atoms with Crippen LogP contribution in [-0.4, -0.2) is 112 Å². The van der Waals surface area contributed by atoms with Crippen molar-refractivity contribution in [3.63, 3.8) is 0 Å². The van der Waals surface area contributed by atoms with E-state index in [-0.39, 0.29) is 29.6 Å². The van der Waals surface area contributed by atoms with Crippen molar-refractivity contribution in [3.05, 3.63) is 12.2 Å². The lowest BCUT2D eigenvalue weighted by Crippen LogP contribution is -2.65. The van der Waals surface area contributed by atoms with Crippen LogP contribution >= 0.6 is 0 Å². The van der Waals surface area contributed by atoms with Gasteiger partial charge in [0.05, 0.1) is 53.7 Å². The second-order valence-electron chi connectivity index (χ2n) is 18.9. The number of Topliss-reactive ketones (excluding diaryl/α,β-unsaturated/α-hetero) is 1. The van der Waals surface area contributed by atoms with E-state index in [1.165, 1.54) is 0 Å². The highest BCUT2D eigenvalue weighted by Crippen LogP contribution is 2.54. The molecule has 5 heterocycles. The van der Waals surface area contributed by atoms with Crippen molar-refractivity contribution in [2.45, 2.75) is 199 Å². The Bertz CT molecular complexity index is 1500. The van der Waals surface area contributed by atoms with Crippen molar-refractivity contribution in [1.82, 2.24) is 5.32 Å². The summed E-state index contributed by atoms with van der Waals surface area (Å²) in [6, 6.07) is -0.836. The molecule has 0 aliphatic carbocycles. The van der Waals surface area contributed by atoms with Crippen LogP contribution < -0.4 is 5.32 Å². The van der Waals surface area contributed by atoms with Crippen molar-refractivity contribution in [3.8, 4) is 0 Å². The maximum absolute atomic E-state index is 14.6. The Balaban J connectivity index is 1.38. The van der Waals surface area contributed by atoms with Crippen molar-refractivity contribution < 1.29 is 62.5 Å². The Morgan fingerprint density at radius 3 is 2.24 bits per heavy atom. The van der Waals surface area contributed by atoms with Gasteiger partial charge in [0.25, 0.3) is 0 Å². The number of carboxylic acid groups (broad SMARTS) is 1. The Morgan fingerprint density at radius 2 is 1.63 bits per heavy atom. The fourth-order valence-corrected chi connectivity index (χ4v) is 11.0. The minimum Gasteiger partial charge on any atom is -0.481 e. The number of carboxylic acids is 1. The summed E-state index contributed by atoms with van der Waals surface area (Å²) >= 11 is 0. The highest BCUT2D eigenvalue weighted by atomic mass is 19.1. The Kier molecular flexibility index (Phi) is 15.4. The Morgan fingerprint density at radius 1 is 0.932 bits per heavy atom. The zero-order valence-electron chi connectivity index (χ0n) is 37.1. The summed E-state index contributed by atoms with van der Waals surface area (Å²) in [5.74, 6) is -6.42. The number of aliphatic carboxylic acids is 1. The number of hydrogen-bond donors (Lipinski definition) is 4. The fraction of sp³-hybridized carbons (Fsp3) is 0.889. The van der Waals surface area contributed by atoms with E-state index in [1.807, 2.05) is 55.4 Å². The van der Waals surface area contributed by atoms with Crippen LogP contribution in [-0.2, 0) is 38.0 Å². The van der Waals surface area contributed by atoms with Crippen LogP contribution in [0.15, 0.2) is 12.2 Å². The first-order valence-corrected chi connectivity index (χ1v) is 22.5. The predicted octanol–water partition coefficient (Wildman–Crippen LogP) is 6.89. The number of hydrogen-bond acceptors (Lipinski definition) is 11. The van der Waals surface area contributed by atoms with Crippen molar-refractivity contribution >= 4 is 17.8 Å². The molecule has 0 bridgehead atoms. The molecule has 2 unspecified atom stereocenters. The van der Waals surface area contributed by atoms with Crippen LogP contribution in [0.4, 0.5) is 9.18 Å². The molecule has 4 fully saturated rings. The number of amides is 1. The summed E-state index contributed by atoms with van der Waals surface area (Å²) in [5, 5.41) is 35.6. The molecule has 59 heavy (non-hydrogen) atoms. The van der Waals surface area contributed by atoms with Gasteiger partial charge in [-0.15, -0.1) is 0 Å². The van der Waals surface area contributed by atoms with Crippen molar-refractivity contribution in [2.24, 2.45) is 41.4 Å². The number of ether oxygens (including phenoxy) is 6. The van der Waals surface area contributed by atoms with Gasteiger partial charge in [-0.2, -0.15) is 0 Å². The van der Waals surface area contributed by atoms with Crippen LogP contribution in [0, 0.1) is 41.4 Å². The number of alkyl halides is 1. The van der Waals surface area contributed by atoms with Crippen LogP contribution in [0.2, 0.25) is 0 Å². The average molecular weight is 840 g/mol. The van der Waals surface area contributed by atoms with Crippen LogP contribution in [0.5, 0.6) is 0 Å². The molecule has 5 aliphatic rings. The lowest BCUT2D eigenvalue weighted by molar-refractivity contribution is -0.398. The van der Waals surface area contributed by atoms with Gasteiger partial charge in [-0.3, -0.25) is 9.59 Å². The number of alkyl carbamates (subject to hydrolysis) is 1. The number of ketones is 1. The molecule has 13 nitrogen and oxygen atoms in total. The molecule has 0 saturated carbocycles. The van der Waals surface area contributed by atoms with E-state index in [2.05, 4.69) is 12.2 Å². The predicted molar refractivity (Wildman–Crippen MR) is 217 cm³/mol. The van der Waals surface area contributed by atoms with Gasteiger partial charge in [-0.1, -0.05) is 61.5 Å². The van der Waals surface area contributed by atoms with Crippen LogP contribution in [0.25, 0.3) is 0 Å². The van der Waals surface area contributed by atoms with Crippen molar-refractivity contribution in [1.29, 1.82) is 0 Å². The molecular formula is C45H74FNO12. The third-order valence-electron chi connectivity index (χ3n) is 15.1. The van der Waals surface area contributed by atoms with Gasteiger partial charge in [-0.25, -0.2) is 9.18 Å². The number of carbonyl (C=O) groups excluding carboxylic acids is 2. The summed E-state index contributed by atoms with van der Waals surface area (Å²) in [5.41, 5.74) is -1.80. The number of rotatable bonds is 15. The Hall–Kier alpha value is -2.20. The van der Waals surface area contributed by atoms with E-state index in [1.54, 1.807) is 19.1 Å². The first-order valence-electron chi connectivity index (χ1n) is 22.5. The lowest BCUT2D eigenvalue weighted by atomic mass is 9.72. The molecule has 0 radical (unpaired) electrons. The highest BCUT2D eigenvalue weighted by molar-refractivity contribution is 5.84. The largest absolute Gasteiger partial charge is 0.481 e. The van der Waals surface area contributed by atoms with E-state index in [0.29, 0.717) is 57.8 Å². The summed E-state index contributed by atoms with van der Waals surface area (Å²) in [6.45, 7) is 18.1. The van der Waals surface area contributed by atoms with E-state index in [0.717, 1.165) is 6.42 Å². The summed E-state index contributed by atoms with van der Waals surface area (Å²) in [6.07, 6.45) is 4.91. The zero-order valence-corrected chi connectivity index (χ0v) is 37.1. The van der Waals surface area contributed by atoms with E-state index in [9.17, 15) is 34.1 Å². The minimum absolute atomic E-state index is 0.0561. The molecule has 0 aromatic carbocycles. The molecule has 4 N–H and O–H groups in total. The normalized spacial score (nSPS) is 42.5. The molecule has 0 aromatic rings. The fourth-order valence-electron chi connectivity index (χ4n) is 11.0. The molecular weight excluding hydrogens is 765 g/mol. The van der Waals surface area contributed by atoms with E-state index >= 15 is 0 Å².